The van der Waals surface area contributed by atoms with Crippen molar-refractivity contribution in [2.75, 3.05) is 51.9 Å². The number of amides is 2. The Hall–Kier alpha value is -3.10. The fraction of sp³-hybridized carbons (Fsp3) is 0.391. The molecule has 1 N–H and O–H groups in total. The van der Waals surface area contributed by atoms with Crippen molar-refractivity contribution in [3.05, 3.63) is 59.2 Å². The topological polar surface area (TPSA) is 80.3 Å². The van der Waals surface area contributed by atoms with Crippen molar-refractivity contribution >= 4 is 17.7 Å². The van der Waals surface area contributed by atoms with Crippen LogP contribution in [0.3, 0.4) is 0 Å². The lowest BCUT2D eigenvalue weighted by atomic mass is 10.1. The highest BCUT2D eigenvalue weighted by Gasteiger charge is 2.21. The molecule has 0 aliphatic carbocycles. The molecule has 0 atom stereocenters. The van der Waals surface area contributed by atoms with Crippen LogP contribution >= 0.6 is 0 Å². The van der Waals surface area contributed by atoms with Gasteiger partial charge >= 0.3 is 12.0 Å². The number of methoxy groups -OCH3 is 1. The van der Waals surface area contributed by atoms with E-state index < -0.39 is 5.97 Å². The molecular weight excluding hydrogens is 398 g/mol. The van der Waals surface area contributed by atoms with Gasteiger partial charge in [-0.25, -0.2) is 9.59 Å². The predicted molar refractivity (Wildman–Crippen MR) is 115 cm³/mol. The number of carbonyl (C=O) groups excluding carboxylic acids is 2. The first-order chi connectivity index (χ1) is 15.1. The SMILES string of the molecule is COC(=O)c1ccc(NC(=O)N2CCOc3ccc(CN4CCOCC4)cc3C2)cc1. The number of anilines is 1. The summed E-state index contributed by atoms with van der Waals surface area (Å²) in [6.45, 7) is 5.64. The molecule has 2 amide bonds. The highest BCUT2D eigenvalue weighted by Crippen LogP contribution is 2.25. The van der Waals surface area contributed by atoms with E-state index >= 15 is 0 Å². The number of morpholine rings is 1. The lowest BCUT2D eigenvalue weighted by molar-refractivity contribution is 0.0341. The highest BCUT2D eigenvalue weighted by molar-refractivity contribution is 5.92. The fourth-order valence-corrected chi connectivity index (χ4v) is 3.75. The van der Waals surface area contributed by atoms with Gasteiger partial charge < -0.3 is 24.4 Å². The summed E-state index contributed by atoms with van der Waals surface area (Å²) < 4.78 is 16.0. The smallest absolute Gasteiger partial charge is 0.337 e. The lowest BCUT2D eigenvalue weighted by Gasteiger charge is -2.27. The molecule has 4 rings (SSSR count). The molecule has 0 radical (unpaired) electrons. The number of carbonyl (C=O) groups is 2. The van der Waals surface area contributed by atoms with E-state index in [2.05, 4.69) is 22.3 Å². The van der Waals surface area contributed by atoms with Gasteiger partial charge in [0, 0.05) is 30.9 Å². The van der Waals surface area contributed by atoms with Gasteiger partial charge in [0.05, 0.1) is 39.0 Å². The Labute approximate surface area is 181 Å². The molecule has 0 spiro atoms. The van der Waals surface area contributed by atoms with Crippen molar-refractivity contribution in [2.45, 2.75) is 13.1 Å². The number of esters is 1. The van der Waals surface area contributed by atoms with Crippen LogP contribution in [0.15, 0.2) is 42.5 Å². The van der Waals surface area contributed by atoms with Crippen molar-refractivity contribution in [2.24, 2.45) is 0 Å². The maximum absolute atomic E-state index is 12.9. The van der Waals surface area contributed by atoms with Gasteiger partial charge in [0.2, 0.25) is 0 Å². The van der Waals surface area contributed by atoms with Crippen LogP contribution in [0.4, 0.5) is 10.5 Å². The number of nitrogens with zero attached hydrogens (tertiary/aromatic N) is 2. The third kappa shape index (κ3) is 5.34. The number of urea groups is 1. The second-order valence-electron chi connectivity index (χ2n) is 7.60. The molecule has 2 aromatic rings. The first-order valence-electron chi connectivity index (χ1n) is 10.4. The third-order valence-corrected chi connectivity index (χ3v) is 5.46. The standard InChI is InChI=1S/C23H27N3O5/c1-29-22(27)18-3-5-20(6-4-18)24-23(28)26-10-13-31-21-7-2-17(14-19(21)16-26)15-25-8-11-30-12-9-25/h2-7,14H,8-13,15-16H2,1H3,(H,24,28). The molecule has 0 saturated carbocycles. The van der Waals surface area contributed by atoms with Gasteiger partial charge in [-0.1, -0.05) is 6.07 Å². The number of ether oxygens (including phenoxy) is 3. The Balaban J connectivity index is 1.41. The molecule has 2 heterocycles. The monoisotopic (exact) mass is 425 g/mol. The maximum atomic E-state index is 12.9. The zero-order valence-electron chi connectivity index (χ0n) is 17.6. The molecule has 0 unspecified atom stereocenters. The van der Waals surface area contributed by atoms with Crippen LogP contribution in [-0.2, 0) is 22.6 Å². The van der Waals surface area contributed by atoms with E-state index in [4.69, 9.17) is 14.2 Å². The third-order valence-electron chi connectivity index (χ3n) is 5.46. The number of rotatable bonds is 4. The molecule has 164 valence electrons. The molecule has 8 heteroatoms. The molecular formula is C23H27N3O5. The predicted octanol–water partition coefficient (Wildman–Crippen LogP) is 2.73. The minimum Gasteiger partial charge on any atom is -0.491 e. The quantitative estimate of drug-likeness (QED) is 0.759. The van der Waals surface area contributed by atoms with Crippen molar-refractivity contribution < 1.29 is 23.8 Å². The van der Waals surface area contributed by atoms with E-state index in [1.165, 1.54) is 12.7 Å². The van der Waals surface area contributed by atoms with Crippen molar-refractivity contribution in [1.29, 1.82) is 0 Å². The van der Waals surface area contributed by atoms with Crippen LogP contribution in [0.2, 0.25) is 0 Å². The number of benzene rings is 2. The first kappa shape index (κ1) is 21.1. The summed E-state index contributed by atoms with van der Waals surface area (Å²) in [5.74, 6) is 0.412. The van der Waals surface area contributed by atoms with Crippen molar-refractivity contribution in [1.82, 2.24) is 9.80 Å². The summed E-state index contributed by atoms with van der Waals surface area (Å²) in [6.07, 6.45) is 0. The molecule has 0 bridgehead atoms. The van der Waals surface area contributed by atoms with E-state index in [1.807, 2.05) is 6.07 Å². The summed E-state index contributed by atoms with van der Waals surface area (Å²) in [5.41, 5.74) is 3.25. The summed E-state index contributed by atoms with van der Waals surface area (Å²) in [5, 5.41) is 2.89. The Morgan fingerprint density at radius 2 is 1.81 bits per heavy atom. The normalized spacial score (nSPS) is 16.6. The molecule has 2 aromatic carbocycles. The Morgan fingerprint density at radius 1 is 1.03 bits per heavy atom. The summed E-state index contributed by atoms with van der Waals surface area (Å²) in [6, 6.07) is 12.6. The number of hydrogen-bond donors (Lipinski definition) is 1. The highest BCUT2D eigenvalue weighted by atomic mass is 16.5. The largest absolute Gasteiger partial charge is 0.491 e. The van der Waals surface area contributed by atoms with Crippen LogP contribution < -0.4 is 10.1 Å². The Kier molecular flexibility index (Phi) is 6.69. The molecule has 8 nitrogen and oxygen atoms in total. The van der Waals surface area contributed by atoms with Crippen molar-refractivity contribution in [3.63, 3.8) is 0 Å². The van der Waals surface area contributed by atoms with Crippen molar-refractivity contribution in [3.8, 4) is 5.75 Å². The summed E-state index contributed by atoms with van der Waals surface area (Å²) in [4.78, 5) is 28.5. The zero-order valence-corrected chi connectivity index (χ0v) is 17.6. The lowest BCUT2D eigenvalue weighted by Crippen LogP contribution is -2.36. The summed E-state index contributed by atoms with van der Waals surface area (Å²) in [7, 11) is 1.34. The van der Waals surface area contributed by atoms with E-state index in [-0.39, 0.29) is 6.03 Å². The molecule has 31 heavy (non-hydrogen) atoms. The van der Waals surface area contributed by atoms with Crippen LogP contribution in [0.25, 0.3) is 0 Å². The Bertz CT molecular complexity index is 925. The van der Waals surface area contributed by atoms with Crippen LogP contribution in [0.5, 0.6) is 5.75 Å². The molecule has 2 aliphatic heterocycles. The average molecular weight is 425 g/mol. The zero-order chi connectivity index (χ0) is 21.6. The van der Waals surface area contributed by atoms with Gasteiger partial charge in [-0.15, -0.1) is 0 Å². The fourth-order valence-electron chi connectivity index (χ4n) is 3.75. The Morgan fingerprint density at radius 3 is 2.55 bits per heavy atom. The van der Waals surface area contributed by atoms with Gasteiger partial charge in [0.1, 0.15) is 12.4 Å². The molecule has 0 aromatic heterocycles. The van der Waals surface area contributed by atoms with E-state index in [9.17, 15) is 9.59 Å². The number of nitrogens with one attached hydrogen (secondary N) is 1. The second-order valence-corrected chi connectivity index (χ2v) is 7.60. The average Bonchev–Trinajstić information content (AvgIpc) is 3.02. The van der Waals surface area contributed by atoms with Gasteiger partial charge in [-0.2, -0.15) is 0 Å². The summed E-state index contributed by atoms with van der Waals surface area (Å²) >= 11 is 0. The minimum atomic E-state index is -0.410. The first-order valence-corrected chi connectivity index (χ1v) is 10.4. The second kappa shape index (κ2) is 9.80. The maximum Gasteiger partial charge on any atom is 0.337 e. The van der Waals surface area contributed by atoms with Crippen LogP contribution in [0.1, 0.15) is 21.5 Å². The van der Waals surface area contributed by atoms with Gasteiger partial charge in [0.15, 0.2) is 0 Å². The van der Waals surface area contributed by atoms with E-state index in [1.54, 1.807) is 29.2 Å². The molecule has 2 aliphatic rings. The van der Waals surface area contributed by atoms with E-state index in [0.717, 1.165) is 44.2 Å². The van der Waals surface area contributed by atoms with Crippen LogP contribution in [0, 0.1) is 0 Å². The van der Waals surface area contributed by atoms with Gasteiger partial charge in [-0.05, 0) is 42.0 Å². The van der Waals surface area contributed by atoms with E-state index in [0.29, 0.717) is 30.9 Å². The minimum absolute atomic E-state index is 0.208. The molecule has 1 saturated heterocycles. The van der Waals surface area contributed by atoms with Gasteiger partial charge in [0.25, 0.3) is 0 Å². The number of fused-ring (bicyclic) bond motifs is 1. The molecule has 1 fully saturated rings. The van der Waals surface area contributed by atoms with Crippen LogP contribution in [-0.4, -0.2) is 68.4 Å². The number of hydrogen-bond acceptors (Lipinski definition) is 6. The van der Waals surface area contributed by atoms with Gasteiger partial charge in [-0.3, -0.25) is 4.90 Å².